The molecule has 0 saturated heterocycles. The molecule has 190 valence electrons. The third-order valence-corrected chi connectivity index (χ3v) is 6.45. The zero-order valence-corrected chi connectivity index (χ0v) is 23.1. The second-order valence-electron chi connectivity index (χ2n) is 9.99. The number of halogens is 1. The molecule has 1 fully saturated rings. The molecule has 0 spiro atoms. The Bertz CT molecular complexity index is 1050. The van der Waals surface area contributed by atoms with Crippen molar-refractivity contribution >= 4 is 34.7 Å². The number of aromatic carboxylic acids is 1. The minimum absolute atomic E-state index is 0.260. The summed E-state index contributed by atoms with van der Waals surface area (Å²) in [5, 5.41) is 12.2. The number of amides is 1. The van der Waals surface area contributed by atoms with E-state index < -0.39 is 17.7 Å². The van der Waals surface area contributed by atoms with Gasteiger partial charge >= 0.3 is 12.1 Å². The molecule has 2 aromatic rings. The molecular formula is C26H34IN3O5. The number of hydrogen-bond donors (Lipinski definition) is 2. The van der Waals surface area contributed by atoms with E-state index >= 15 is 0 Å². The molecule has 1 amide bonds. The van der Waals surface area contributed by atoms with Gasteiger partial charge in [-0.3, -0.25) is 4.98 Å². The van der Waals surface area contributed by atoms with Gasteiger partial charge in [-0.2, -0.15) is 0 Å². The number of ether oxygens (including phenoxy) is 2. The molecule has 0 aliphatic heterocycles. The fraction of sp³-hybridized carbons (Fsp3) is 0.500. The van der Waals surface area contributed by atoms with Gasteiger partial charge in [0.25, 0.3) is 0 Å². The summed E-state index contributed by atoms with van der Waals surface area (Å²) < 4.78 is 12.4. The van der Waals surface area contributed by atoms with Crippen LogP contribution in [0, 0.1) is 10.5 Å². The number of carbonyl (C=O) groups is 2. The average molecular weight is 595 g/mol. The maximum absolute atomic E-state index is 11.9. The second kappa shape index (κ2) is 11.6. The van der Waals surface area contributed by atoms with Crippen molar-refractivity contribution in [1.29, 1.82) is 0 Å². The minimum Gasteiger partial charge on any atom is -0.482 e. The fourth-order valence-electron chi connectivity index (χ4n) is 3.62. The number of nitrogens with zero attached hydrogens (tertiary/aromatic N) is 2. The Labute approximate surface area is 220 Å². The van der Waals surface area contributed by atoms with Gasteiger partial charge in [-0.15, -0.1) is 0 Å². The number of rotatable bonds is 10. The molecule has 0 unspecified atom stereocenters. The zero-order chi connectivity index (χ0) is 25.8. The standard InChI is InChI=1S/C26H34IN3O5/c1-16-12-22(20(27)13-19(16)24(31)32)34-23(21-9-8-18(14-29-21)17-6-7-17)15-30(5)11-10-28-25(33)35-26(2,3)4/h8-9,12-14,17,23H,6-7,10-11,15H2,1-5H3,(H,28,33)(H,31,32)/t23-/m1/s1. The van der Waals surface area contributed by atoms with Crippen LogP contribution in [0.1, 0.15) is 72.8 Å². The first-order valence-corrected chi connectivity index (χ1v) is 12.8. The maximum atomic E-state index is 11.9. The lowest BCUT2D eigenvalue weighted by atomic mass is 10.1. The molecule has 1 aromatic heterocycles. The molecule has 35 heavy (non-hydrogen) atoms. The van der Waals surface area contributed by atoms with Gasteiger partial charge in [0.2, 0.25) is 0 Å². The van der Waals surface area contributed by atoms with Crippen LogP contribution in [-0.4, -0.2) is 59.3 Å². The normalized spacial score (nSPS) is 14.5. The minimum atomic E-state index is -0.960. The van der Waals surface area contributed by atoms with Crippen molar-refractivity contribution in [2.24, 2.45) is 0 Å². The second-order valence-corrected chi connectivity index (χ2v) is 11.2. The quantitative estimate of drug-likeness (QED) is 0.367. The van der Waals surface area contributed by atoms with Crippen molar-refractivity contribution in [2.75, 3.05) is 26.7 Å². The Kier molecular flexibility index (Phi) is 8.98. The van der Waals surface area contributed by atoms with Crippen molar-refractivity contribution < 1.29 is 24.2 Å². The number of nitrogens with one attached hydrogen (secondary N) is 1. The molecule has 1 aliphatic rings. The topological polar surface area (TPSA) is 101 Å². The van der Waals surface area contributed by atoms with Crippen molar-refractivity contribution in [3.8, 4) is 5.75 Å². The van der Waals surface area contributed by atoms with Crippen LogP contribution in [0.25, 0.3) is 0 Å². The highest BCUT2D eigenvalue weighted by molar-refractivity contribution is 14.1. The predicted molar refractivity (Wildman–Crippen MR) is 142 cm³/mol. The van der Waals surface area contributed by atoms with Gasteiger partial charge in [-0.05, 0) is 105 Å². The SMILES string of the molecule is Cc1cc(O[C@H](CN(C)CCNC(=O)OC(C)(C)C)c2ccc(C3CC3)cn2)c(I)cc1C(=O)O. The summed E-state index contributed by atoms with van der Waals surface area (Å²) in [7, 11) is 1.95. The van der Waals surface area contributed by atoms with E-state index in [1.807, 2.05) is 40.1 Å². The van der Waals surface area contributed by atoms with Crippen molar-refractivity contribution in [3.05, 3.63) is 56.4 Å². The van der Waals surface area contributed by atoms with Crippen LogP contribution in [0.5, 0.6) is 5.75 Å². The largest absolute Gasteiger partial charge is 0.482 e. The molecular weight excluding hydrogens is 561 g/mol. The zero-order valence-electron chi connectivity index (χ0n) is 20.9. The van der Waals surface area contributed by atoms with E-state index in [-0.39, 0.29) is 11.7 Å². The van der Waals surface area contributed by atoms with Crippen LogP contribution in [0.4, 0.5) is 4.79 Å². The predicted octanol–water partition coefficient (Wildman–Crippen LogP) is 5.15. The molecule has 1 heterocycles. The highest BCUT2D eigenvalue weighted by Gasteiger charge is 2.25. The Balaban J connectivity index is 1.71. The highest BCUT2D eigenvalue weighted by atomic mass is 127. The number of alkyl carbamates (subject to hydrolysis) is 1. The van der Waals surface area contributed by atoms with Crippen molar-refractivity contribution in [3.63, 3.8) is 0 Å². The van der Waals surface area contributed by atoms with Crippen LogP contribution in [-0.2, 0) is 4.74 Å². The summed E-state index contributed by atoms with van der Waals surface area (Å²) in [6.07, 6.45) is 3.53. The molecule has 2 N–H and O–H groups in total. The maximum Gasteiger partial charge on any atom is 0.407 e. The van der Waals surface area contributed by atoms with E-state index in [9.17, 15) is 14.7 Å². The molecule has 0 bridgehead atoms. The number of carbonyl (C=O) groups excluding carboxylic acids is 1. The van der Waals surface area contributed by atoms with Crippen molar-refractivity contribution in [2.45, 2.75) is 58.2 Å². The smallest absolute Gasteiger partial charge is 0.407 e. The Hall–Kier alpha value is -2.40. The summed E-state index contributed by atoms with van der Waals surface area (Å²) >= 11 is 2.10. The van der Waals surface area contributed by atoms with E-state index in [0.29, 0.717) is 36.9 Å². The van der Waals surface area contributed by atoms with Gasteiger partial charge < -0.3 is 24.8 Å². The van der Waals surface area contributed by atoms with Crippen LogP contribution < -0.4 is 10.1 Å². The number of aryl methyl sites for hydroxylation is 1. The molecule has 1 aromatic carbocycles. The van der Waals surface area contributed by atoms with Crippen LogP contribution in [0.3, 0.4) is 0 Å². The first-order valence-electron chi connectivity index (χ1n) is 11.7. The van der Waals surface area contributed by atoms with Gasteiger partial charge in [0.1, 0.15) is 11.4 Å². The van der Waals surface area contributed by atoms with Gasteiger partial charge in [0.15, 0.2) is 6.10 Å². The number of benzene rings is 1. The summed E-state index contributed by atoms with van der Waals surface area (Å²) in [6, 6.07) is 7.52. The lowest BCUT2D eigenvalue weighted by Crippen LogP contribution is -2.38. The van der Waals surface area contributed by atoms with Crippen molar-refractivity contribution in [1.82, 2.24) is 15.2 Å². The molecule has 8 nitrogen and oxygen atoms in total. The van der Waals surface area contributed by atoms with E-state index in [2.05, 4.69) is 38.9 Å². The fourth-order valence-corrected chi connectivity index (χ4v) is 4.22. The van der Waals surface area contributed by atoms with Gasteiger partial charge in [-0.25, -0.2) is 9.59 Å². The summed E-state index contributed by atoms with van der Waals surface area (Å²) in [6.45, 7) is 8.79. The molecule has 0 radical (unpaired) electrons. The molecule has 9 heteroatoms. The molecule has 1 atom stereocenters. The Morgan fingerprint density at radius 1 is 1.29 bits per heavy atom. The van der Waals surface area contributed by atoms with Gasteiger partial charge in [0.05, 0.1) is 14.8 Å². The van der Waals surface area contributed by atoms with Gasteiger partial charge in [-0.1, -0.05) is 6.07 Å². The average Bonchev–Trinajstić information content (AvgIpc) is 3.59. The number of hydrogen-bond acceptors (Lipinski definition) is 6. The Morgan fingerprint density at radius 2 is 2.00 bits per heavy atom. The summed E-state index contributed by atoms with van der Waals surface area (Å²) in [4.78, 5) is 30.2. The number of carboxylic acid groups (broad SMARTS) is 1. The van der Waals surface area contributed by atoms with Crippen LogP contribution in [0.2, 0.25) is 0 Å². The third-order valence-electron chi connectivity index (χ3n) is 5.61. The van der Waals surface area contributed by atoms with E-state index in [0.717, 1.165) is 9.26 Å². The number of pyridine rings is 1. The molecule has 1 saturated carbocycles. The van der Waals surface area contributed by atoms with E-state index in [1.165, 1.54) is 18.4 Å². The lowest BCUT2D eigenvalue weighted by molar-refractivity contribution is 0.0520. The monoisotopic (exact) mass is 595 g/mol. The van der Waals surface area contributed by atoms with Crippen LogP contribution >= 0.6 is 22.6 Å². The number of aromatic nitrogens is 1. The van der Waals surface area contributed by atoms with E-state index in [1.54, 1.807) is 19.1 Å². The summed E-state index contributed by atoms with van der Waals surface area (Å²) in [5.74, 6) is 0.272. The van der Waals surface area contributed by atoms with Crippen LogP contribution in [0.15, 0.2) is 30.5 Å². The Morgan fingerprint density at radius 3 is 2.57 bits per heavy atom. The number of carboxylic acids is 1. The molecule has 3 rings (SSSR count). The first-order chi connectivity index (χ1) is 16.4. The number of likely N-dealkylation sites (N-methyl/N-ethyl adjacent to an activating group) is 1. The summed E-state index contributed by atoms with van der Waals surface area (Å²) in [5.41, 5.74) is 2.41. The molecule has 1 aliphatic carbocycles. The van der Waals surface area contributed by atoms with E-state index in [4.69, 9.17) is 14.5 Å². The highest BCUT2D eigenvalue weighted by Crippen LogP contribution is 2.40. The third kappa shape index (κ3) is 8.34. The van der Waals surface area contributed by atoms with Gasteiger partial charge in [0, 0.05) is 25.8 Å². The lowest BCUT2D eigenvalue weighted by Gasteiger charge is -2.26. The first kappa shape index (κ1) is 27.2.